The zero-order valence-electron chi connectivity index (χ0n) is 12.3. The maximum Gasteiger partial charge on any atom is 0.418 e. The number of hydrogen-bond acceptors (Lipinski definition) is 4. The van der Waals surface area contributed by atoms with E-state index in [9.17, 15) is 21.6 Å². The average molecular weight is 345 g/mol. The molecule has 9 heteroatoms. The van der Waals surface area contributed by atoms with E-state index in [1.165, 1.54) is 18.3 Å². The van der Waals surface area contributed by atoms with Crippen LogP contribution in [0.15, 0.2) is 35.4 Å². The first-order chi connectivity index (χ1) is 10.5. The Kier molecular flexibility index (Phi) is 4.45. The molecular weight excluding hydrogens is 331 g/mol. The van der Waals surface area contributed by atoms with Crippen LogP contribution in [-0.2, 0) is 16.2 Å². The smallest absolute Gasteiger partial charge is 0.241 e. The molecule has 1 aromatic carbocycles. The van der Waals surface area contributed by atoms with Crippen LogP contribution in [0.25, 0.3) is 11.3 Å². The number of sulfonamides is 1. The van der Waals surface area contributed by atoms with E-state index >= 15 is 0 Å². The van der Waals surface area contributed by atoms with Crippen molar-refractivity contribution in [2.75, 3.05) is 0 Å². The van der Waals surface area contributed by atoms with Crippen molar-refractivity contribution in [3.05, 3.63) is 41.9 Å². The van der Waals surface area contributed by atoms with Crippen LogP contribution in [-0.4, -0.2) is 18.4 Å². The number of hydrogen-bond donors (Lipinski definition) is 1. The van der Waals surface area contributed by atoms with Crippen molar-refractivity contribution >= 4 is 10.0 Å². The molecule has 0 spiro atoms. The standard InChI is InChI=1S/C14H14F3N3O2S/c1-8(2)13-19-7-6-10(20-13)9-4-3-5-11(23(18,21)22)12(9)14(15,16)17/h3-8H,1-2H3,(H2,18,21,22). The molecule has 0 unspecified atom stereocenters. The van der Waals surface area contributed by atoms with Crippen molar-refractivity contribution in [2.24, 2.45) is 5.14 Å². The number of rotatable bonds is 3. The van der Waals surface area contributed by atoms with Crippen molar-refractivity contribution in [2.45, 2.75) is 30.8 Å². The number of nitrogens with two attached hydrogens (primary N) is 1. The Morgan fingerprint density at radius 1 is 1.17 bits per heavy atom. The minimum Gasteiger partial charge on any atom is -0.241 e. The fraction of sp³-hybridized carbons (Fsp3) is 0.286. The van der Waals surface area contributed by atoms with E-state index in [4.69, 9.17) is 5.14 Å². The third-order valence-corrected chi connectivity index (χ3v) is 4.04. The first-order valence-corrected chi connectivity index (χ1v) is 8.12. The second kappa shape index (κ2) is 5.89. The zero-order valence-corrected chi connectivity index (χ0v) is 13.1. The molecular formula is C14H14F3N3O2S. The molecule has 0 atom stereocenters. The van der Waals surface area contributed by atoms with Gasteiger partial charge in [0.1, 0.15) is 5.82 Å². The SMILES string of the molecule is CC(C)c1nccc(-c2cccc(S(N)(=O)=O)c2C(F)(F)F)n1. The number of alkyl halides is 3. The number of halogens is 3. The van der Waals surface area contributed by atoms with Crippen molar-refractivity contribution in [1.29, 1.82) is 0 Å². The third kappa shape index (κ3) is 3.67. The first-order valence-electron chi connectivity index (χ1n) is 6.58. The summed E-state index contributed by atoms with van der Waals surface area (Å²) in [5.41, 5.74) is -1.69. The monoisotopic (exact) mass is 345 g/mol. The molecule has 0 saturated carbocycles. The summed E-state index contributed by atoms with van der Waals surface area (Å²) in [6.07, 6.45) is -3.57. The largest absolute Gasteiger partial charge is 0.418 e. The lowest BCUT2D eigenvalue weighted by molar-refractivity contribution is -0.139. The highest BCUT2D eigenvalue weighted by Crippen LogP contribution is 2.40. The highest BCUT2D eigenvalue weighted by molar-refractivity contribution is 7.89. The van der Waals surface area contributed by atoms with Crippen LogP contribution in [0.4, 0.5) is 13.2 Å². The van der Waals surface area contributed by atoms with Crippen molar-refractivity contribution < 1.29 is 21.6 Å². The molecule has 0 aliphatic carbocycles. The summed E-state index contributed by atoms with van der Waals surface area (Å²) in [6, 6.07) is 4.47. The van der Waals surface area contributed by atoms with Crippen LogP contribution in [0.2, 0.25) is 0 Å². The van der Waals surface area contributed by atoms with Crippen LogP contribution in [0, 0.1) is 0 Å². The summed E-state index contributed by atoms with van der Waals surface area (Å²) in [5.74, 6) is 0.266. The molecule has 1 heterocycles. The van der Waals surface area contributed by atoms with Crippen molar-refractivity contribution in [3.8, 4) is 11.3 Å². The van der Waals surface area contributed by atoms with E-state index in [0.717, 1.165) is 12.1 Å². The van der Waals surface area contributed by atoms with Crippen LogP contribution < -0.4 is 5.14 Å². The number of primary sulfonamides is 1. The fourth-order valence-electron chi connectivity index (χ4n) is 2.08. The molecule has 1 aromatic heterocycles. The Balaban J connectivity index is 2.81. The van der Waals surface area contributed by atoms with Gasteiger partial charge >= 0.3 is 6.18 Å². The molecule has 124 valence electrons. The maximum absolute atomic E-state index is 13.4. The van der Waals surface area contributed by atoms with Crippen LogP contribution in [0.1, 0.15) is 31.2 Å². The molecule has 0 amide bonds. The molecule has 0 aliphatic heterocycles. The van der Waals surface area contributed by atoms with Gasteiger partial charge in [-0.1, -0.05) is 26.0 Å². The average Bonchev–Trinajstić information content (AvgIpc) is 2.44. The molecule has 5 nitrogen and oxygen atoms in total. The molecule has 0 aliphatic rings. The van der Waals surface area contributed by atoms with E-state index in [1.807, 2.05) is 0 Å². The molecule has 2 N–H and O–H groups in total. The van der Waals surface area contributed by atoms with Gasteiger partial charge in [-0.2, -0.15) is 13.2 Å². The molecule has 0 bridgehead atoms. The van der Waals surface area contributed by atoms with Gasteiger partial charge in [0.05, 0.1) is 16.2 Å². The summed E-state index contributed by atoms with van der Waals surface area (Å²) in [7, 11) is -4.54. The summed E-state index contributed by atoms with van der Waals surface area (Å²) < 4.78 is 63.3. The number of nitrogens with zero attached hydrogens (tertiary/aromatic N) is 2. The van der Waals surface area contributed by atoms with Crippen LogP contribution >= 0.6 is 0 Å². The Labute approximate surface area is 131 Å². The lowest BCUT2D eigenvalue weighted by atomic mass is 10.0. The van der Waals surface area contributed by atoms with Crippen LogP contribution in [0.5, 0.6) is 0 Å². The summed E-state index contributed by atoms with van der Waals surface area (Å²) in [5, 5.41) is 4.92. The van der Waals surface area contributed by atoms with Crippen LogP contribution in [0.3, 0.4) is 0 Å². The van der Waals surface area contributed by atoms with E-state index in [0.29, 0.717) is 5.82 Å². The third-order valence-electron chi connectivity index (χ3n) is 3.08. The van der Waals surface area contributed by atoms with Gasteiger partial charge in [0.15, 0.2) is 0 Å². The van der Waals surface area contributed by atoms with Gasteiger partial charge in [0, 0.05) is 17.7 Å². The van der Waals surface area contributed by atoms with Gasteiger partial charge in [-0.25, -0.2) is 23.5 Å². The quantitative estimate of drug-likeness (QED) is 0.927. The highest BCUT2D eigenvalue weighted by atomic mass is 32.2. The fourth-order valence-corrected chi connectivity index (χ4v) is 2.85. The predicted octanol–water partition coefficient (Wildman–Crippen LogP) is 2.93. The summed E-state index contributed by atoms with van der Waals surface area (Å²) in [4.78, 5) is 7.11. The topological polar surface area (TPSA) is 85.9 Å². The second-order valence-corrected chi connectivity index (χ2v) is 6.71. The first kappa shape index (κ1) is 17.4. The van der Waals surface area contributed by atoms with E-state index in [2.05, 4.69) is 9.97 Å². The Hall–Kier alpha value is -2.00. The number of aromatic nitrogens is 2. The lowest BCUT2D eigenvalue weighted by Gasteiger charge is -2.16. The molecule has 0 fully saturated rings. The molecule has 23 heavy (non-hydrogen) atoms. The number of benzene rings is 1. The van der Waals surface area contributed by atoms with Gasteiger partial charge in [-0.05, 0) is 12.1 Å². The Morgan fingerprint density at radius 2 is 1.83 bits per heavy atom. The maximum atomic E-state index is 13.4. The zero-order chi connectivity index (χ0) is 17.4. The van der Waals surface area contributed by atoms with Gasteiger partial charge in [0.25, 0.3) is 0 Å². The van der Waals surface area contributed by atoms with E-state index in [1.54, 1.807) is 13.8 Å². The highest BCUT2D eigenvalue weighted by Gasteiger charge is 2.39. The van der Waals surface area contributed by atoms with E-state index in [-0.39, 0.29) is 17.2 Å². The predicted molar refractivity (Wildman–Crippen MR) is 77.9 cm³/mol. The summed E-state index contributed by atoms with van der Waals surface area (Å²) >= 11 is 0. The Bertz CT molecular complexity index is 833. The van der Waals surface area contributed by atoms with Gasteiger partial charge in [-0.3, -0.25) is 0 Å². The lowest BCUT2D eigenvalue weighted by Crippen LogP contribution is -2.20. The normalized spacial score (nSPS) is 12.7. The van der Waals surface area contributed by atoms with Crippen molar-refractivity contribution in [3.63, 3.8) is 0 Å². The second-order valence-electron chi connectivity index (χ2n) is 5.18. The summed E-state index contributed by atoms with van der Waals surface area (Å²) in [6.45, 7) is 3.59. The Morgan fingerprint density at radius 3 is 2.35 bits per heavy atom. The molecule has 0 saturated heterocycles. The van der Waals surface area contributed by atoms with E-state index < -0.39 is 26.7 Å². The van der Waals surface area contributed by atoms with Crippen molar-refractivity contribution in [1.82, 2.24) is 9.97 Å². The minimum atomic E-state index is -4.90. The van der Waals surface area contributed by atoms with Gasteiger partial charge in [-0.15, -0.1) is 0 Å². The molecule has 0 radical (unpaired) electrons. The van der Waals surface area contributed by atoms with Gasteiger partial charge < -0.3 is 0 Å². The minimum absolute atomic E-state index is 0.0125. The van der Waals surface area contributed by atoms with Gasteiger partial charge in [0.2, 0.25) is 10.0 Å². The molecule has 2 aromatic rings. The molecule has 2 rings (SSSR count).